The van der Waals surface area contributed by atoms with Gasteiger partial charge in [-0.15, -0.1) is 0 Å². The summed E-state index contributed by atoms with van der Waals surface area (Å²) in [6, 6.07) is 0. The second kappa shape index (κ2) is 31.3. The van der Waals surface area contributed by atoms with E-state index in [4.69, 9.17) is 0 Å². The molecule has 0 fully saturated rings. The molecule has 0 amide bonds. The van der Waals surface area contributed by atoms with Crippen LogP contribution in [0.5, 0.6) is 0 Å². The van der Waals surface area contributed by atoms with Crippen LogP contribution in [-0.2, 0) is 0 Å². The standard InChI is InChI=1S/C41H82N2/c1-5-7-9-11-13-15-17-19-21-23-25-27-29-31-33-35-37-43-39-38-42(41(43)40(3)4)36-34-32-30-28-26-24-22-20-18-16-14-12-10-8-6-2/h38-41H,5-37H2,1-4H3. The van der Waals surface area contributed by atoms with Gasteiger partial charge in [-0.25, -0.2) is 0 Å². The van der Waals surface area contributed by atoms with Crippen molar-refractivity contribution in [1.29, 1.82) is 0 Å². The zero-order valence-corrected chi connectivity index (χ0v) is 30.5. The van der Waals surface area contributed by atoms with E-state index in [9.17, 15) is 0 Å². The van der Waals surface area contributed by atoms with Gasteiger partial charge in [0.25, 0.3) is 0 Å². The quantitative estimate of drug-likeness (QED) is 0.0676. The number of hydrogen-bond donors (Lipinski definition) is 0. The van der Waals surface area contributed by atoms with Gasteiger partial charge in [-0.2, -0.15) is 0 Å². The molecule has 0 aliphatic carbocycles. The third kappa shape index (κ3) is 24.3. The molecule has 0 spiro atoms. The van der Waals surface area contributed by atoms with E-state index in [1.54, 1.807) is 0 Å². The molecule has 2 heteroatoms. The fourth-order valence-electron chi connectivity index (χ4n) is 7.23. The first kappa shape index (κ1) is 40.4. The van der Waals surface area contributed by atoms with Gasteiger partial charge in [0.15, 0.2) is 0 Å². The van der Waals surface area contributed by atoms with Crippen LogP contribution in [0.25, 0.3) is 0 Å². The lowest BCUT2D eigenvalue weighted by atomic mass is 10.0. The summed E-state index contributed by atoms with van der Waals surface area (Å²) in [5.74, 6) is 0.687. The van der Waals surface area contributed by atoms with Crippen LogP contribution >= 0.6 is 0 Å². The van der Waals surface area contributed by atoms with Crippen molar-refractivity contribution in [1.82, 2.24) is 9.80 Å². The van der Waals surface area contributed by atoms with Crippen molar-refractivity contribution in [2.24, 2.45) is 5.92 Å². The molecule has 43 heavy (non-hydrogen) atoms. The molecule has 1 heterocycles. The van der Waals surface area contributed by atoms with E-state index in [-0.39, 0.29) is 0 Å². The summed E-state index contributed by atoms with van der Waals surface area (Å²) in [6.07, 6.45) is 50.2. The fraction of sp³-hybridized carbons (Fsp3) is 0.951. The van der Waals surface area contributed by atoms with Gasteiger partial charge in [0.2, 0.25) is 0 Å². The van der Waals surface area contributed by atoms with E-state index in [1.165, 1.54) is 212 Å². The topological polar surface area (TPSA) is 6.48 Å². The molecular formula is C41H82N2. The molecule has 0 aromatic carbocycles. The summed E-state index contributed by atoms with van der Waals surface area (Å²) in [7, 11) is 0. The van der Waals surface area contributed by atoms with Gasteiger partial charge in [0.1, 0.15) is 6.17 Å². The first-order valence-corrected chi connectivity index (χ1v) is 20.4. The van der Waals surface area contributed by atoms with Crippen LogP contribution in [0.4, 0.5) is 0 Å². The molecule has 0 saturated heterocycles. The third-order valence-electron chi connectivity index (χ3n) is 10.0. The Bertz CT molecular complexity index is 570. The maximum absolute atomic E-state index is 2.65. The second-order valence-electron chi connectivity index (χ2n) is 14.7. The summed E-state index contributed by atoms with van der Waals surface area (Å²) in [6.45, 7) is 11.9. The van der Waals surface area contributed by atoms with Crippen LogP contribution in [0, 0.1) is 5.92 Å². The first-order chi connectivity index (χ1) is 21.2. The molecule has 1 aliphatic heterocycles. The highest BCUT2D eigenvalue weighted by atomic mass is 15.4. The minimum absolute atomic E-state index is 0.586. The smallest absolute Gasteiger partial charge is 0.103 e. The van der Waals surface area contributed by atoms with Crippen molar-refractivity contribution in [3.8, 4) is 0 Å². The molecule has 0 aromatic rings. The molecule has 1 aliphatic rings. The van der Waals surface area contributed by atoms with E-state index in [2.05, 4.69) is 49.9 Å². The Morgan fingerprint density at radius 2 is 0.558 bits per heavy atom. The highest BCUT2D eigenvalue weighted by molar-refractivity contribution is 4.98. The van der Waals surface area contributed by atoms with Crippen molar-refractivity contribution >= 4 is 0 Å². The van der Waals surface area contributed by atoms with Crippen molar-refractivity contribution in [2.45, 2.75) is 233 Å². The Balaban J connectivity index is 1.92. The van der Waals surface area contributed by atoms with E-state index in [0.717, 1.165) is 0 Å². The van der Waals surface area contributed by atoms with E-state index in [1.807, 2.05) is 0 Å². The largest absolute Gasteiger partial charge is 0.356 e. The predicted molar refractivity (Wildman–Crippen MR) is 196 cm³/mol. The van der Waals surface area contributed by atoms with Crippen LogP contribution < -0.4 is 0 Å². The summed E-state index contributed by atoms with van der Waals surface area (Å²) in [5.41, 5.74) is 0. The summed E-state index contributed by atoms with van der Waals surface area (Å²) < 4.78 is 0. The van der Waals surface area contributed by atoms with Crippen molar-refractivity contribution in [3.05, 3.63) is 12.4 Å². The monoisotopic (exact) mass is 603 g/mol. The van der Waals surface area contributed by atoms with Gasteiger partial charge in [-0.3, -0.25) is 0 Å². The number of unbranched alkanes of at least 4 members (excludes halogenated alkanes) is 29. The maximum Gasteiger partial charge on any atom is 0.103 e. The predicted octanol–water partition coefficient (Wildman–Crippen LogP) is 14.2. The Morgan fingerprint density at radius 1 is 0.349 bits per heavy atom. The Hall–Kier alpha value is -0.660. The molecule has 0 radical (unpaired) electrons. The van der Waals surface area contributed by atoms with Gasteiger partial charge < -0.3 is 9.80 Å². The fourth-order valence-corrected chi connectivity index (χ4v) is 7.23. The van der Waals surface area contributed by atoms with Crippen LogP contribution in [0.15, 0.2) is 12.4 Å². The molecular weight excluding hydrogens is 520 g/mol. The third-order valence-corrected chi connectivity index (χ3v) is 10.0. The minimum Gasteiger partial charge on any atom is -0.356 e. The van der Waals surface area contributed by atoms with Crippen molar-refractivity contribution in [2.75, 3.05) is 13.1 Å². The highest BCUT2D eigenvalue weighted by Crippen LogP contribution is 2.24. The zero-order chi connectivity index (χ0) is 31.1. The van der Waals surface area contributed by atoms with Crippen LogP contribution in [-0.4, -0.2) is 29.1 Å². The highest BCUT2D eigenvalue weighted by Gasteiger charge is 2.28. The lowest BCUT2D eigenvalue weighted by Gasteiger charge is -2.36. The average Bonchev–Trinajstić information content (AvgIpc) is 3.41. The second-order valence-corrected chi connectivity index (χ2v) is 14.7. The van der Waals surface area contributed by atoms with Gasteiger partial charge in [0.05, 0.1) is 0 Å². The maximum atomic E-state index is 2.65. The minimum atomic E-state index is 0.586. The number of hydrogen-bond acceptors (Lipinski definition) is 2. The van der Waals surface area contributed by atoms with Gasteiger partial charge in [0, 0.05) is 25.5 Å². The van der Waals surface area contributed by atoms with Crippen LogP contribution in [0.1, 0.15) is 227 Å². The first-order valence-electron chi connectivity index (χ1n) is 20.4. The Kier molecular flexibility index (Phi) is 29.4. The SMILES string of the molecule is CCCCCCCCCCCCCCCCCCN1C=CN(CCCCCCCCCCCCCCCCC)C1C(C)C. The summed E-state index contributed by atoms with van der Waals surface area (Å²) >= 11 is 0. The van der Waals surface area contributed by atoms with E-state index in [0.29, 0.717) is 12.1 Å². The van der Waals surface area contributed by atoms with Crippen molar-refractivity contribution < 1.29 is 0 Å². The van der Waals surface area contributed by atoms with Crippen LogP contribution in [0.2, 0.25) is 0 Å². The van der Waals surface area contributed by atoms with Gasteiger partial charge >= 0.3 is 0 Å². The van der Waals surface area contributed by atoms with Crippen molar-refractivity contribution in [3.63, 3.8) is 0 Å². The molecule has 0 aromatic heterocycles. The van der Waals surface area contributed by atoms with Crippen LogP contribution in [0.3, 0.4) is 0 Å². The molecule has 0 N–H and O–H groups in total. The molecule has 0 bridgehead atoms. The molecule has 1 rings (SSSR count). The normalized spacial score (nSPS) is 15.0. The lowest BCUT2D eigenvalue weighted by Crippen LogP contribution is -2.43. The van der Waals surface area contributed by atoms with Gasteiger partial charge in [-0.05, 0) is 18.8 Å². The summed E-state index contributed by atoms with van der Waals surface area (Å²) in [5, 5.41) is 0. The number of rotatable bonds is 34. The molecule has 2 nitrogen and oxygen atoms in total. The summed E-state index contributed by atoms with van der Waals surface area (Å²) in [4.78, 5) is 5.30. The van der Waals surface area contributed by atoms with Gasteiger partial charge in [-0.1, -0.05) is 214 Å². The molecule has 1 unspecified atom stereocenters. The average molecular weight is 603 g/mol. The molecule has 256 valence electrons. The number of nitrogens with zero attached hydrogens (tertiary/aromatic N) is 2. The zero-order valence-electron chi connectivity index (χ0n) is 30.5. The Morgan fingerprint density at radius 3 is 0.767 bits per heavy atom. The van der Waals surface area contributed by atoms with E-state index < -0.39 is 0 Å². The molecule has 1 atom stereocenters. The van der Waals surface area contributed by atoms with E-state index >= 15 is 0 Å². The lowest BCUT2D eigenvalue weighted by molar-refractivity contribution is 0.104. The molecule has 0 saturated carbocycles. The Labute approximate surface area is 273 Å².